The Morgan fingerprint density at radius 2 is 1.90 bits per heavy atom. The average molecular weight is 274 g/mol. The van der Waals surface area contributed by atoms with E-state index in [2.05, 4.69) is 27.9 Å². The van der Waals surface area contributed by atoms with Gasteiger partial charge in [-0.2, -0.15) is 0 Å². The van der Waals surface area contributed by atoms with E-state index in [-0.39, 0.29) is 5.91 Å². The van der Waals surface area contributed by atoms with Crippen LogP contribution in [0.25, 0.3) is 0 Å². The van der Waals surface area contributed by atoms with E-state index in [1.165, 1.54) is 0 Å². The van der Waals surface area contributed by atoms with Crippen LogP contribution in [0.1, 0.15) is 23.2 Å². The van der Waals surface area contributed by atoms with E-state index in [0.717, 1.165) is 56.0 Å². The number of anilines is 2. The SMILES string of the molecule is CN1CCC(NC(=O)c2ccc3c(c2)NCCN3)CC1. The number of amides is 1. The van der Waals surface area contributed by atoms with Crippen LogP contribution in [0.3, 0.4) is 0 Å². The predicted octanol–water partition coefficient (Wildman–Crippen LogP) is 1.35. The number of piperidine rings is 1. The van der Waals surface area contributed by atoms with Gasteiger partial charge in [-0.05, 0) is 51.2 Å². The summed E-state index contributed by atoms with van der Waals surface area (Å²) >= 11 is 0. The molecule has 108 valence electrons. The molecular formula is C15H22N4O. The Labute approximate surface area is 119 Å². The van der Waals surface area contributed by atoms with E-state index in [9.17, 15) is 4.79 Å². The van der Waals surface area contributed by atoms with E-state index >= 15 is 0 Å². The summed E-state index contributed by atoms with van der Waals surface area (Å²) in [6, 6.07) is 6.11. The molecule has 0 bridgehead atoms. The zero-order chi connectivity index (χ0) is 13.9. The maximum atomic E-state index is 12.3. The van der Waals surface area contributed by atoms with Crippen molar-refractivity contribution in [3.8, 4) is 0 Å². The van der Waals surface area contributed by atoms with Gasteiger partial charge in [-0.1, -0.05) is 0 Å². The van der Waals surface area contributed by atoms with Crippen molar-refractivity contribution < 1.29 is 4.79 Å². The van der Waals surface area contributed by atoms with Crippen LogP contribution in [0.5, 0.6) is 0 Å². The smallest absolute Gasteiger partial charge is 0.251 e. The van der Waals surface area contributed by atoms with Crippen molar-refractivity contribution in [1.82, 2.24) is 10.2 Å². The highest BCUT2D eigenvalue weighted by molar-refractivity contribution is 5.96. The van der Waals surface area contributed by atoms with Gasteiger partial charge in [0.1, 0.15) is 0 Å². The molecule has 2 heterocycles. The van der Waals surface area contributed by atoms with Crippen molar-refractivity contribution in [3.63, 3.8) is 0 Å². The summed E-state index contributed by atoms with van der Waals surface area (Å²) in [6.07, 6.45) is 2.07. The number of hydrogen-bond donors (Lipinski definition) is 3. The zero-order valence-electron chi connectivity index (χ0n) is 11.9. The molecule has 1 aromatic rings. The lowest BCUT2D eigenvalue weighted by molar-refractivity contribution is 0.0917. The molecule has 2 aliphatic rings. The van der Waals surface area contributed by atoms with Crippen molar-refractivity contribution in [1.29, 1.82) is 0 Å². The molecule has 1 aromatic carbocycles. The van der Waals surface area contributed by atoms with E-state index in [1.54, 1.807) is 0 Å². The summed E-state index contributed by atoms with van der Waals surface area (Å²) in [5.74, 6) is 0.0368. The first-order valence-corrected chi connectivity index (χ1v) is 7.33. The van der Waals surface area contributed by atoms with Crippen LogP contribution in [0.15, 0.2) is 18.2 Å². The highest BCUT2D eigenvalue weighted by Crippen LogP contribution is 2.25. The van der Waals surface area contributed by atoms with Gasteiger partial charge in [-0.25, -0.2) is 0 Å². The van der Waals surface area contributed by atoms with Crippen LogP contribution < -0.4 is 16.0 Å². The maximum Gasteiger partial charge on any atom is 0.251 e. The number of fused-ring (bicyclic) bond motifs is 1. The number of carbonyl (C=O) groups excluding carboxylic acids is 1. The Morgan fingerprint density at radius 1 is 1.20 bits per heavy atom. The molecule has 5 heteroatoms. The summed E-state index contributed by atoms with van der Waals surface area (Å²) in [5, 5.41) is 9.78. The van der Waals surface area contributed by atoms with Crippen LogP contribution in [0.2, 0.25) is 0 Å². The van der Waals surface area contributed by atoms with Gasteiger partial charge in [0.15, 0.2) is 0 Å². The summed E-state index contributed by atoms with van der Waals surface area (Å²) in [7, 11) is 2.13. The summed E-state index contributed by atoms with van der Waals surface area (Å²) in [5.41, 5.74) is 2.83. The zero-order valence-corrected chi connectivity index (χ0v) is 11.9. The molecule has 0 aliphatic carbocycles. The Bertz CT molecular complexity index is 495. The molecule has 1 saturated heterocycles. The number of hydrogen-bond acceptors (Lipinski definition) is 4. The van der Waals surface area contributed by atoms with Crippen molar-refractivity contribution in [2.24, 2.45) is 0 Å². The van der Waals surface area contributed by atoms with Crippen molar-refractivity contribution >= 4 is 17.3 Å². The molecule has 1 amide bonds. The minimum Gasteiger partial charge on any atom is -0.382 e. The minimum atomic E-state index is 0.0368. The van der Waals surface area contributed by atoms with Crippen LogP contribution in [-0.2, 0) is 0 Å². The van der Waals surface area contributed by atoms with Crippen molar-refractivity contribution in [2.45, 2.75) is 18.9 Å². The van der Waals surface area contributed by atoms with Gasteiger partial charge >= 0.3 is 0 Å². The molecule has 0 unspecified atom stereocenters. The van der Waals surface area contributed by atoms with Gasteiger partial charge in [0.25, 0.3) is 5.91 Å². The number of rotatable bonds is 2. The van der Waals surface area contributed by atoms with Crippen LogP contribution in [0, 0.1) is 0 Å². The molecule has 5 nitrogen and oxygen atoms in total. The third kappa shape index (κ3) is 2.88. The minimum absolute atomic E-state index is 0.0368. The standard InChI is InChI=1S/C15H22N4O/c1-19-8-4-12(5-9-19)18-15(20)11-2-3-13-14(10-11)17-7-6-16-13/h2-3,10,12,16-17H,4-9H2,1H3,(H,18,20). The highest BCUT2D eigenvalue weighted by Gasteiger charge is 2.19. The first-order valence-electron chi connectivity index (χ1n) is 7.33. The Balaban J connectivity index is 1.65. The number of benzene rings is 1. The molecule has 0 spiro atoms. The molecule has 0 atom stereocenters. The van der Waals surface area contributed by atoms with Crippen molar-refractivity contribution in [3.05, 3.63) is 23.8 Å². The third-order valence-corrected chi connectivity index (χ3v) is 4.09. The lowest BCUT2D eigenvalue weighted by atomic mass is 10.0. The first kappa shape index (κ1) is 13.2. The molecule has 3 N–H and O–H groups in total. The van der Waals surface area contributed by atoms with Gasteiger partial charge < -0.3 is 20.9 Å². The molecule has 2 aliphatic heterocycles. The highest BCUT2D eigenvalue weighted by atomic mass is 16.1. The number of likely N-dealkylation sites (tertiary alicyclic amines) is 1. The molecular weight excluding hydrogens is 252 g/mol. The second-order valence-corrected chi connectivity index (χ2v) is 5.66. The normalized spacial score (nSPS) is 19.6. The molecule has 0 aromatic heterocycles. The van der Waals surface area contributed by atoms with Crippen molar-refractivity contribution in [2.75, 3.05) is 43.9 Å². The Morgan fingerprint density at radius 3 is 2.65 bits per heavy atom. The largest absolute Gasteiger partial charge is 0.382 e. The lowest BCUT2D eigenvalue weighted by Gasteiger charge is -2.29. The molecule has 0 radical (unpaired) electrons. The quantitative estimate of drug-likeness (QED) is 0.762. The lowest BCUT2D eigenvalue weighted by Crippen LogP contribution is -2.43. The fourth-order valence-corrected chi connectivity index (χ4v) is 2.80. The first-order chi connectivity index (χ1) is 9.72. The monoisotopic (exact) mass is 274 g/mol. The van der Waals surface area contributed by atoms with E-state index in [1.807, 2.05) is 18.2 Å². The third-order valence-electron chi connectivity index (χ3n) is 4.09. The Kier molecular flexibility index (Phi) is 3.78. The maximum absolute atomic E-state index is 12.3. The van der Waals surface area contributed by atoms with E-state index < -0.39 is 0 Å². The fourth-order valence-electron chi connectivity index (χ4n) is 2.80. The Hall–Kier alpha value is -1.75. The molecule has 3 rings (SSSR count). The van der Waals surface area contributed by atoms with Gasteiger partial charge in [-0.15, -0.1) is 0 Å². The summed E-state index contributed by atoms with van der Waals surface area (Å²) in [4.78, 5) is 14.6. The fraction of sp³-hybridized carbons (Fsp3) is 0.533. The van der Waals surface area contributed by atoms with Crippen LogP contribution in [0.4, 0.5) is 11.4 Å². The van der Waals surface area contributed by atoms with Crippen LogP contribution >= 0.6 is 0 Å². The van der Waals surface area contributed by atoms with E-state index in [4.69, 9.17) is 0 Å². The number of nitrogens with one attached hydrogen (secondary N) is 3. The van der Waals surface area contributed by atoms with Gasteiger partial charge in [0.05, 0.1) is 11.4 Å². The van der Waals surface area contributed by atoms with Gasteiger partial charge in [-0.3, -0.25) is 4.79 Å². The second-order valence-electron chi connectivity index (χ2n) is 5.66. The second kappa shape index (κ2) is 5.71. The van der Waals surface area contributed by atoms with Gasteiger partial charge in [0, 0.05) is 24.7 Å². The number of nitrogens with zero attached hydrogens (tertiary/aromatic N) is 1. The molecule has 0 saturated carbocycles. The topological polar surface area (TPSA) is 56.4 Å². The van der Waals surface area contributed by atoms with Crippen LogP contribution in [-0.4, -0.2) is 50.1 Å². The van der Waals surface area contributed by atoms with E-state index in [0.29, 0.717) is 6.04 Å². The average Bonchev–Trinajstić information content (AvgIpc) is 2.49. The molecule has 1 fully saturated rings. The predicted molar refractivity (Wildman–Crippen MR) is 81.4 cm³/mol. The summed E-state index contributed by atoms with van der Waals surface area (Å²) < 4.78 is 0. The summed E-state index contributed by atoms with van der Waals surface area (Å²) in [6.45, 7) is 3.93. The molecule has 20 heavy (non-hydrogen) atoms. The van der Waals surface area contributed by atoms with Gasteiger partial charge in [0.2, 0.25) is 0 Å². The number of carbonyl (C=O) groups is 1.